The summed E-state index contributed by atoms with van der Waals surface area (Å²) < 4.78 is 0. The fraction of sp³-hybridized carbons (Fsp3) is 0.562. The predicted molar refractivity (Wildman–Crippen MR) is 84.7 cm³/mol. The number of carbonyl (C=O) groups excluding carboxylic acids is 1. The van der Waals surface area contributed by atoms with Crippen LogP contribution in [0, 0.1) is 5.92 Å². The summed E-state index contributed by atoms with van der Waals surface area (Å²) in [6.45, 7) is 0.709. The van der Waals surface area contributed by atoms with Crippen LogP contribution in [0.1, 0.15) is 44.1 Å². The largest absolute Gasteiger partial charge is 0.368 e. The van der Waals surface area contributed by atoms with Gasteiger partial charge in [-0.15, -0.1) is 12.4 Å². The summed E-state index contributed by atoms with van der Waals surface area (Å²) in [4.78, 5) is 11.6. The number of rotatable bonds is 6. The van der Waals surface area contributed by atoms with E-state index in [9.17, 15) is 4.79 Å². The number of nitrogens with one attached hydrogen (secondary N) is 1. The maximum absolute atomic E-state index is 11.6. The normalized spacial score (nSPS) is 17.2. The average Bonchev–Trinajstić information content (AvgIpc) is 2.45. The van der Waals surface area contributed by atoms with E-state index in [-0.39, 0.29) is 24.4 Å². The van der Waals surface area contributed by atoms with Crippen LogP contribution in [0.5, 0.6) is 0 Å². The van der Waals surface area contributed by atoms with Gasteiger partial charge in [0.05, 0.1) is 6.04 Å². The Kier molecular flexibility index (Phi) is 7.63. The third-order valence-corrected chi connectivity index (χ3v) is 4.03. The monoisotopic (exact) mass is 296 g/mol. The number of nitrogens with two attached hydrogens (primary N) is 1. The Bertz CT molecular complexity index is 391. The highest BCUT2D eigenvalue weighted by atomic mass is 35.5. The van der Waals surface area contributed by atoms with Crippen LogP contribution in [-0.4, -0.2) is 11.9 Å². The molecule has 0 heterocycles. The maximum atomic E-state index is 11.6. The summed E-state index contributed by atoms with van der Waals surface area (Å²) in [5.74, 6) is 0.441. The first-order valence-corrected chi connectivity index (χ1v) is 7.32. The van der Waals surface area contributed by atoms with Crippen LogP contribution in [0.2, 0.25) is 0 Å². The van der Waals surface area contributed by atoms with Crippen molar-refractivity contribution in [1.82, 2.24) is 5.32 Å². The summed E-state index contributed by atoms with van der Waals surface area (Å²) in [5.41, 5.74) is 6.71. The molecule has 0 aromatic heterocycles. The van der Waals surface area contributed by atoms with Crippen molar-refractivity contribution in [2.75, 3.05) is 0 Å². The first kappa shape index (κ1) is 17.0. The summed E-state index contributed by atoms with van der Waals surface area (Å²) in [5, 5.41) is 3.31. The molecule has 0 radical (unpaired) electrons. The van der Waals surface area contributed by atoms with Gasteiger partial charge in [0.2, 0.25) is 5.91 Å². The molecule has 1 saturated carbocycles. The zero-order valence-corrected chi connectivity index (χ0v) is 12.7. The molecule has 3 N–H and O–H groups in total. The van der Waals surface area contributed by atoms with Gasteiger partial charge < -0.3 is 11.1 Å². The minimum Gasteiger partial charge on any atom is -0.368 e. The number of amides is 1. The molecule has 1 amide bonds. The molecule has 0 aliphatic heterocycles. The molecule has 1 aromatic rings. The van der Waals surface area contributed by atoms with Crippen molar-refractivity contribution in [3.8, 4) is 0 Å². The van der Waals surface area contributed by atoms with Crippen LogP contribution >= 0.6 is 12.4 Å². The molecule has 0 bridgehead atoms. The van der Waals surface area contributed by atoms with E-state index in [4.69, 9.17) is 5.73 Å². The van der Waals surface area contributed by atoms with E-state index in [1.807, 2.05) is 18.2 Å². The van der Waals surface area contributed by atoms with Crippen LogP contribution in [0.4, 0.5) is 0 Å². The first-order chi connectivity index (χ1) is 9.25. The Morgan fingerprint density at radius 2 is 1.85 bits per heavy atom. The fourth-order valence-electron chi connectivity index (χ4n) is 2.89. The number of halogens is 1. The minimum atomic E-state index is -0.221. The summed E-state index contributed by atoms with van der Waals surface area (Å²) in [6, 6.07) is 9.95. The Balaban J connectivity index is 0.00000200. The molecular weight excluding hydrogens is 272 g/mol. The quantitative estimate of drug-likeness (QED) is 0.848. The highest BCUT2D eigenvalue weighted by Gasteiger charge is 2.22. The van der Waals surface area contributed by atoms with E-state index in [1.165, 1.54) is 37.7 Å². The van der Waals surface area contributed by atoms with E-state index in [0.717, 1.165) is 6.42 Å². The second kappa shape index (κ2) is 8.98. The van der Waals surface area contributed by atoms with Crippen molar-refractivity contribution in [1.29, 1.82) is 0 Å². The molecule has 1 aromatic carbocycles. The van der Waals surface area contributed by atoms with E-state index in [0.29, 0.717) is 12.5 Å². The molecule has 1 atom stereocenters. The first-order valence-electron chi connectivity index (χ1n) is 7.32. The standard InChI is InChI=1S/C16H24N2O.ClH/c17-16(19)15(11-13-7-3-1-4-8-13)18-12-14-9-5-2-6-10-14;/h2,5-6,9-10,13,15,18H,1,3-4,7-8,11-12H2,(H2,17,19);1H. The highest BCUT2D eigenvalue weighted by molar-refractivity contribution is 5.85. The number of hydrogen-bond donors (Lipinski definition) is 2. The molecule has 1 fully saturated rings. The lowest BCUT2D eigenvalue weighted by molar-refractivity contribution is -0.120. The van der Waals surface area contributed by atoms with Gasteiger partial charge in [-0.3, -0.25) is 4.79 Å². The van der Waals surface area contributed by atoms with Crippen molar-refractivity contribution in [2.24, 2.45) is 11.7 Å². The molecule has 0 saturated heterocycles. The SMILES string of the molecule is Cl.NC(=O)C(CC1CCCCC1)NCc1ccccc1. The van der Waals surface area contributed by atoms with Crippen molar-refractivity contribution >= 4 is 18.3 Å². The van der Waals surface area contributed by atoms with E-state index >= 15 is 0 Å². The van der Waals surface area contributed by atoms with Gasteiger partial charge in [-0.1, -0.05) is 62.4 Å². The third-order valence-electron chi connectivity index (χ3n) is 4.03. The lowest BCUT2D eigenvalue weighted by Crippen LogP contribution is -2.42. The molecular formula is C16H25ClN2O. The topological polar surface area (TPSA) is 55.1 Å². The number of carbonyl (C=O) groups is 1. The van der Waals surface area contributed by atoms with Gasteiger partial charge in [-0.2, -0.15) is 0 Å². The van der Waals surface area contributed by atoms with E-state index in [1.54, 1.807) is 0 Å². The maximum Gasteiger partial charge on any atom is 0.234 e. The van der Waals surface area contributed by atoms with Crippen LogP contribution in [-0.2, 0) is 11.3 Å². The van der Waals surface area contributed by atoms with Crippen molar-refractivity contribution in [2.45, 2.75) is 51.1 Å². The second-order valence-corrected chi connectivity index (χ2v) is 5.56. The molecule has 20 heavy (non-hydrogen) atoms. The molecule has 3 nitrogen and oxygen atoms in total. The average molecular weight is 297 g/mol. The van der Waals surface area contributed by atoms with Crippen molar-refractivity contribution in [3.63, 3.8) is 0 Å². The number of benzene rings is 1. The molecule has 1 aliphatic carbocycles. The van der Waals surface area contributed by atoms with Gasteiger partial charge in [-0.25, -0.2) is 0 Å². The molecule has 4 heteroatoms. The number of hydrogen-bond acceptors (Lipinski definition) is 2. The third kappa shape index (κ3) is 5.51. The summed E-state index contributed by atoms with van der Waals surface area (Å²) in [6.07, 6.45) is 7.33. The number of primary amides is 1. The minimum absolute atomic E-state index is 0. The Hall–Kier alpha value is -1.06. The van der Waals surface area contributed by atoms with Crippen LogP contribution in [0.25, 0.3) is 0 Å². The Morgan fingerprint density at radius 3 is 2.45 bits per heavy atom. The zero-order valence-electron chi connectivity index (χ0n) is 11.9. The molecule has 1 aliphatic rings. The summed E-state index contributed by atoms with van der Waals surface area (Å²) >= 11 is 0. The highest BCUT2D eigenvalue weighted by Crippen LogP contribution is 2.27. The van der Waals surface area contributed by atoms with Gasteiger partial charge in [0.1, 0.15) is 0 Å². The second-order valence-electron chi connectivity index (χ2n) is 5.56. The predicted octanol–water partition coefficient (Wildman–Crippen LogP) is 3.02. The van der Waals surface area contributed by atoms with Crippen LogP contribution in [0.3, 0.4) is 0 Å². The Labute approximate surface area is 127 Å². The van der Waals surface area contributed by atoms with Gasteiger partial charge >= 0.3 is 0 Å². The molecule has 112 valence electrons. The lowest BCUT2D eigenvalue weighted by Gasteiger charge is -2.25. The Morgan fingerprint density at radius 1 is 1.20 bits per heavy atom. The molecule has 1 unspecified atom stereocenters. The van der Waals surface area contributed by atoms with Crippen molar-refractivity contribution in [3.05, 3.63) is 35.9 Å². The van der Waals surface area contributed by atoms with Crippen LogP contribution < -0.4 is 11.1 Å². The van der Waals surface area contributed by atoms with Gasteiger partial charge in [0, 0.05) is 6.54 Å². The zero-order chi connectivity index (χ0) is 13.5. The van der Waals surface area contributed by atoms with E-state index < -0.39 is 0 Å². The lowest BCUT2D eigenvalue weighted by atomic mass is 9.84. The smallest absolute Gasteiger partial charge is 0.234 e. The van der Waals surface area contributed by atoms with Gasteiger partial charge in [-0.05, 0) is 17.9 Å². The molecule has 0 spiro atoms. The fourth-order valence-corrected chi connectivity index (χ4v) is 2.89. The molecule has 2 rings (SSSR count). The van der Waals surface area contributed by atoms with Gasteiger partial charge in [0.25, 0.3) is 0 Å². The van der Waals surface area contributed by atoms with Crippen molar-refractivity contribution < 1.29 is 4.79 Å². The van der Waals surface area contributed by atoms with Gasteiger partial charge in [0.15, 0.2) is 0 Å². The van der Waals surface area contributed by atoms with E-state index in [2.05, 4.69) is 17.4 Å². The van der Waals surface area contributed by atoms with Crippen LogP contribution in [0.15, 0.2) is 30.3 Å². The summed E-state index contributed by atoms with van der Waals surface area (Å²) in [7, 11) is 0.